The van der Waals surface area contributed by atoms with Gasteiger partial charge < -0.3 is 19.0 Å². The Bertz CT molecular complexity index is 2750. The number of fused-ring (bicyclic) bond motifs is 9. The molecule has 4 heteroatoms. The van der Waals surface area contributed by atoms with Gasteiger partial charge in [-0.15, -0.1) is 0 Å². The first-order chi connectivity index (χ1) is 29.4. The molecule has 0 saturated heterocycles. The molecule has 0 fully saturated rings. The summed E-state index contributed by atoms with van der Waals surface area (Å²) in [4.78, 5) is 0. The molecule has 3 aliphatic carbocycles. The van der Waals surface area contributed by atoms with E-state index in [0.717, 1.165) is 101 Å². The summed E-state index contributed by atoms with van der Waals surface area (Å²) in [5.74, 6) is 3.35. The number of furan rings is 3. The molecule has 2 atom stereocenters. The van der Waals surface area contributed by atoms with Gasteiger partial charge in [-0.25, -0.2) is 0 Å². The highest BCUT2D eigenvalue weighted by Crippen LogP contribution is 2.44. The first-order valence-corrected chi connectivity index (χ1v) is 23.0. The minimum absolute atomic E-state index is 0.422. The maximum absolute atomic E-state index is 7.25. The number of hydrogen-bond acceptors (Lipinski definition) is 4. The highest BCUT2D eigenvalue weighted by atomic mass is 16.3. The highest BCUT2D eigenvalue weighted by Gasteiger charge is 2.33. The van der Waals surface area contributed by atoms with Crippen molar-refractivity contribution < 1.29 is 13.3 Å². The van der Waals surface area contributed by atoms with Crippen molar-refractivity contribution in [1.82, 2.24) is 0 Å². The average Bonchev–Trinajstić information content (AvgIpc) is 3.92. The van der Waals surface area contributed by atoms with Crippen LogP contribution < -0.4 is 5.73 Å². The fourth-order valence-electron chi connectivity index (χ4n) is 9.92. The molecule has 2 N–H and O–H groups in total. The Morgan fingerprint density at radius 3 is 1.73 bits per heavy atom. The zero-order valence-corrected chi connectivity index (χ0v) is 36.2. The second kappa shape index (κ2) is 17.3. The summed E-state index contributed by atoms with van der Waals surface area (Å²) >= 11 is 0. The third kappa shape index (κ3) is 7.76. The van der Waals surface area contributed by atoms with Gasteiger partial charge in [0.1, 0.15) is 34.0 Å². The van der Waals surface area contributed by atoms with Crippen LogP contribution in [0.15, 0.2) is 104 Å². The van der Waals surface area contributed by atoms with E-state index in [2.05, 4.69) is 137 Å². The van der Waals surface area contributed by atoms with Crippen LogP contribution in [-0.2, 0) is 12.0 Å². The Labute approximate surface area is 356 Å². The lowest BCUT2D eigenvalue weighted by atomic mass is 9.80. The van der Waals surface area contributed by atoms with Crippen molar-refractivity contribution in [1.29, 1.82) is 0 Å². The Balaban J connectivity index is 0.00000150. The quantitative estimate of drug-likeness (QED) is 0.193. The molecule has 0 saturated carbocycles. The minimum Gasteiger partial charge on any atom is -0.456 e. The third-order valence-corrected chi connectivity index (χ3v) is 13.2. The van der Waals surface area contributed by atoms with Gasteiger partial charge in [-0.3, -0.25) is 0 Å². The normalized spacial score (nSPS) is 21.1. The molecule has 3 aliphatic rings. The lowest BCUT2D eigenvalue weighted by Gasteiger charge is -2.29. The number of rotatable bonds is 4. The fraction of sp³-hybridized carbons (Fsp3) is 0.357. The second-order valence-corrected chi connectivity index (χ2v) is 17.7. The zero-order chi connectivity index (χ0) is 41.2. The van der Waals surface area contributed by atoms with E-state index in [1.165, 1.54) is 89.1 Å². The Morgan fingerprint density at radius 1 is 0.550 bits per heavy atom. The van der Waals surface area contributed by atoms with Crippen LogP contribution >= 0.6 is 0 Å². The molecule has 10 rings (SSSR count). The molecule has 308 valence electrons. The van der Waals surface area contributed by atoms with Crippen molar-refractivity contribution in [3.05, 3.63) is 125 Å². The maximum atomic E-state index is 7.25. The van der Waals surface area contributed by atoms with Crippen molar-refractivity contribution in [2.75, 3.05) is 0 Å². The van der Waals surface area contributed by atoms with Crippen LogP contribution in [0.1, 0.15) is 151 Å². The summed E-state index contributed by atoms with van der Waals surface area (Å²) in [5, 5.41) is 3.56. The van der Waals surface area contributed by atoms with Crippen molar-refractivity contribution in [3.8, 4) is 33.4 Å². The van der Waals surface area contributed by atoms with Gasteiger partial charge in [0.25, 0.3) is 0 Å². The van der Waals surface area contributed by atoms with E-state index in [4.69, 9.17) is 19.0 Å². The summed E-state index contributed by atoms with van der Waals surface area (Å²) in [5.41, 5.74) is 20.5. The van der Waals surface area contributed by atoms with Gasteiger partial charge in [0.2, 0.25) is 0 Å². The van der Waals surface area contributed by atoms with Gasteiger partial charge >= 0.3 is 0 Å². The molecule has 3 heterocycles. The number of nitrogens with two attached hydrogens (primary N) is 1. The molecule has 0 bridgehead atoms. The molecule has 0 aliphatic heterocycles. The largest absolute Gasteiger partial charge is 0.456 e. The fourth-order valence-corrected chi connectivity index (χ4v) is 9.92. The predicted octanol–water partition coefficient (Wildman–Crippen LogP) is 16.9. The molecule has 0 radical (unpaired) electrons. The van der Waals surface area contributed by atoms with E-state index in [0.29, 0.717) is 5.92 Å². The summed E-state index contributed by atoms with van der Waals surface area (Å²) in [6.45, 7) is 8.83. The monoisotopic (exact) mass is 795 g/mol. The molecule has 4 aromatic carbocycles. The van der Waals surface area contributed by atoms with Crippen molar-refractivity contribution in [3.63, 3.8) is 0 Å². The predicted molar refractivity (Wildman–Crippen MR) is 254 cm³/mol. The number of aryl methyl sites for hydroxylation is 1. The van der Waals surface area contributed by atoms with E-state index in [-0.39, 0.29) is 0 Å². The number of hydrogen-bond donors (Lipinski definition) is 1. The Kier molecular flexibility index (Phi) is 11.6. The van der Waals surface area contributed by atoms with Crippen molar-refractivity contribution in [2.24, 2.45) is 5.73 Å². The van der Waals surface area contributed by atoms with Gasteiger partial charge in [0.05, 0.1) is 0 Å². The van der Waals surface area contributed by atoms with Crippen LogP contribution in [0.2, 0.25) is 0 Å². The summed E-state index contributed by atoms with van der Waals surface area (Å²) in [7, 11) is 0. The third-order valence-electron chi connectivity index (χ3n) is 13.2. The van der Waals surface area contributed by atoms with Gasteiger partial charge in [0, 0.05) is 38.4 Å². The molecule has 0 amide bonds. The first kappa shape index (κ1) is 40.1. The lowest BCUT2D eigenvalue weighted by Crippen LogP contribution is -2.36. The second-order valence-electron chi connectivity index (χ2n) is 17.7. The zero-order valence-electron chi connectivity index (χ0n) is 36.2. The average molecular weight is 796 g/mol. The number of allylic oxidation sites excluding steroid dienone is 3. The van der Waals surface area contributed by atoms with Gasteiger partial charge in [-0.05, 0) is 183 Å². The molecular weight excluding hydrogens is 735 g/mol. The molecule has 0 spiro atoms. The van der Waals surface area contributed by atoms with Gasteiger partial charge in [-0.2, -0.15) is 0 Å². The molecular formula is C56H61NO3. The van der Waals surface area contributed by atoms with Crippen LogP contribution in [0.4, 0.5) is 0 Å². The van der Waals surface area contributed by atoms with Crippen LogP contribution in [0, 0.1) is 0 Å². The highest BCUT2D eigenvalue weighted by molar-refractivity contribution is 5.95. The van der Waals surface area contributed by atoms with Crippen LogP contribution in [0.25, 0.3) is 84.5 Å². The topological polar surface area (TPSA) is 65.4 Å². The SMILES string of the molecule is CCC.CCC1(N)CCC/C=C\c2oc3ccc(-c4cc(-c5ccc6oc7c(c6c5)CCCC/C=C\7)cc(-c5ccc6oc7c(c6c5)C(C)CCCCC/C=C\7)c4)cc3c21. The molecule has 2 unspecified atom stereocenters. The lowest BCUT2D eigenvalue weighted by molar-refractivity contribution is 0.378. The van der Waals surface area contributed by atoms with Crippen LogP contribution in [0.3, 0.4) is 0 Å². The molecule has 3 aromatic heterocycles. The van der Waals surface area contributed by atoms with E-state index < -0.39 is 5.54 Å². The standard InChI is InChI=1S/C53H53NO3.C3H8/c1-3-53(54)27-15-9-14-20-50-52(53)44-33-37(23-26-48(44)57-50)40-29-38(35-21-24-46-42(31-35)41-17-11-7-8-12-18-45(41)55-46)28-39(30-40)36-22-25-47-43(32-36)51-34(2)16-10-5-4-6-13-19-49(51)56-47;1-3-2/h12-14,18-26,28-34H,3-11,15-17,27,54H2,1-2H3;3H2,1-2H3/b18-12-,19-13-,20-14-;. The van der Waals surface area contributed by atoms with Crippen molar-refractivity contribution in [2.45, 2.75) is 129 Å². The summed E-state index contributed by atoms with van der Waals surface area (Å²) < 4.78 is 19.5. The van der Waals surface area contributed by atoms with Gasteiger partial charge in [0.15, 0.2) is 0 Å². The van der Waals surface area contributed by atoms with E-state index in [9.17, 15) is 0 Å². The Morgan fingerprint density at radius 2 is 1.07 bits per heavy atom. The van der Waals surface area contributed by atoms with E-state index in [1.54, 1.807) is 0 Å². The smallest absolute Gasteiger partial charge is 0.135 e. The van der Waals surface area contributed by atoms with Gasteiger partial charge in [-0.1, -0.05) is 83.4 Å². The Hall–Kier alpha value is -5.32. The first-order valence-electron chi connectivity index (χ1n) is 23.0. The van der Waals surface area contributed by atoms with Crippen molar-refractivity contribution >= 4 is 51.1 Å². The summed E-state index contributed by atoms with van der Waals surface area (Å²) in [6.07, 6.45) is 29.0. The van der Waals surface area contributed by atoms with E-state index >= 15 is 0 Å². The maximum Gasteiger partial charge on any atom is 0.135 e. The molecule has 4 nitrogen and oxygen atoms in total. The number of benzene rings is 4. The summed E-state index contributed by atoms with van der Waals surface area (Å²) in [6, 6.07) is 27.3. The van der Waals surface area contributed by atoms with E-state index in [1.807, 2.05) is 0 Å². The van der Waals surface area contributed by atoms with Crippen LogP contribution in [0.5, 0.6) is 0 Å². The molecule has 60 heavy (non-hydrogen) atoms. The minimum atomic E-state index is -0.440. The molecule has 7 aromatic rings. The van der Waals surface area contributed by atoms with Crippen LogP contribution in [-0.4, -0.2) is 0 Å².